The van der Waals surface area contributed by atoms with Crippen LogP contribution in [0.3, 0.4) is 0 Å². The lowest BCUT2D eigenvalue weighted by molar-refractivity contribution is -0.123. The molecule has 1 saturated carbocycles. The van der Waals surface area contributed by atoms with Gasteiger partial charge in [0.15, 0.2) is 0 Å². The van der Waals surface area contributed by atoms with Gasteiger partial charge in [-0.3, -0.25) is 4.79 Å². The van der Waals surface area contributed by atoms with Crippen molar-refractivity contribution >= 4 is 11.9 Å². The maximum Gasteiger partial charge on any atom is 0.407 e. The van der Waals surface area contributed by atoms with Gasteiger partial charge in [-0.15, -0.1) is 0 Å². The minimum Gasteiger partial charge on any atom is -0.444 e. The van der Waals surface area contributed by atoms with Crippen LogP contribution in [0.1, 0.15) is 53.4 Å². The maximum atomic E-state index is 11.6. The predicted molar refractivity (Wildman–Crippen MR) is 69.2 cm³/mol. The van der Waals surface area contributed by atoms with Gasteiger partial charge >= 0.3 is 6.09 Å². The van der Waals surface area contributed by atoms with Gasteiger partial charge in [0.25, 0.3) is 0 Å². The van der Waals surface area contributed by atoms with E-state index < -0.39 is 17.2 Å². The molecule has 1 aliphatic carbocycles. The molecule has 0 unspecified atom stereocenters. The number of nitrogens with one attached hydrogen (secondary N) is 1. The van der Waals surface area contributed by atoms with Crippen molar-refractivity contribution in [2.75, 3.05) is 0 Å². The van der Waals surface area contributed by atoms with Crippen LogP contribution in [0.4, 0.5) is 4.79 Å². The molecule has 0 spiro atoms. The number of ketones is 1. The molecule has 5 heteroatoms. The van der Waals surface area contributed by atoms with Gasteiger partial charge in [-0.1, -0.05) is 0 Å². The van der Waals surface area contributed by atoms with E-state index >= 15 is 0 Å². The van der Waals surface area contributed by atoms with E-state index in [1.807, 2.05) is 20.8 Å². The van der Waals surface area contributed by atoms with Gasteiger partial charge in [0, 0.05) is 6.04 Å². The topological polar surface area (TPSA) is 81.4 Å². The highest BCUT2D eigenvalue weighted by atomic mass is 16.6. The number of carbonyl (C=O) groups is 2. The Morgan fingerprint density at radius 1 is 1.28 bits per heavy atom. The van der Waals surface area contributed by atoms with Gasteiger partial charge in [-0.2, -0.15) is 0 Å². The lowest BCUT2D eigenvalue weighted by atomic mass is 9.78. The summed E-state index contributed by atoms with van der Waals surface area (Å²) in [6, 6.07) is 0.0517. The molecular weight excluding hydrogens is 232 g/mol. The molecule has 0 bridgehead atoms. The number of ether oxygens (including phenoxy) is 1. The van der Waals surface area contributed by atoms with Crippen molar-refractivity contribution in [1.29, 1.82) is 0 Å². The molecule has 1 fully saturated rings. The van der Waals surface area contributed by atoms with E-state index in [1.165, 1.54) is 6.92 Å². The fraction of sp³-hybridized carbons (Fsp3) is 0.846. The molecule has 3 N–H and O–H groups in total. The van der Waals surface area contributed by atoms with E-state index in [-0.39, 0.29) is 11.8 Å². The summed E-state index contributed by atoms with van der Waals surface area (Å²) in [7, 11) is 0. The first-order chi connectivity index (χ1) is 8.12. The van der Waals surface area contributed by atoms with Gasteiger partial charge in [0.05, 0.1) is 5.54 Å². The van der Waals surface area contributed by atoms with Crippen LogP contribution < -0.4 is 11.1 Å². The molecule has 0 heterocycles. The Labute approximate surface area is 108 Å². The molecule has 5 nitrogen and oxygen atoms in total. The number of nitrogens with two attached hydrogens (primary N) is 1. The molecule has 1 aliphatic rings. The Morgan fingerprint density at radius 2 is 1.78 bits per heavy atom. The summed E-state index contributed by atoms with van der Waals surface area (Å²) in [4.78, 5) is 23.0. The van der Waals surface area contributed by atoms with E-state index in [1.54, 1.807) is 0 Å². The normalized spacial score (nSPS) is 28.6. The molecule has 0 aliphatic heterocycles. The van der Waals surface area contributed by atoms with E-state index in [0.717, 1.165) is 12.8 Å². The smallest absolute Gasteiger partial charge is 0.407 e. The second-order valence-corrected chi connectivity index (χ2v) is 6.13. The number of Topliss-reactive ketones (excluding diaryl/α,β-unsaturated/α-hetero) is 1. The van der Waals surface area contributed by atoms with Crippen molar-refractivity contribution in [1.82, 2.24) is 5.32 Å². The summed E-state index contributed by atoms with van der Waals surface area (Å²) in [5.41, 5.74) is 4.81. The van der Waals surface area contributed by atoms with Crippen LogP contribution in [0.15, 0.2) is 0 Å². The highest BCUT2D eigenvalue weighted by Gasteiger charge is 2.36. The van der Waals surface area contributed by atoms with Crippen molar-refractivity contribution in [3.05, 3.63) is 0 Å². The van der Waals surface area contributed by atoms with Gasteiger partial charge in [0.2, 0.25) is 0 Å². The van der Waals surface area contributed by atoms with Gasteiger partial charge in [0.1, 0.15) is 11.4 Å². The lowest BCUT2D eigenvalue weighted by Crippen LogP contribution is -2.53. The maximum absolute atomic E-state index is 11.6. The second-order valence-electron chi connectivity index (χ2n) is 6.13. The monoisotopic (exact) mass is 256 g/mol. The number of alkyl carbamates (subject to hydrolysis) is 1. The van der Waals surface area contributed by atoms with Crippen molar-refractivity contribution in [2.24, 2.45) is 5.73 Å². The predicted octanol–water partition coefficient (Wildman–Crippen LogP) is 1.74. The number of hydrogen-bond acceptors (Lipinski definition) is 4. The molecule has 104 valence electrons. The van der Waals surface area contributed by atoms with Crippen molar-refractivity contribution in [2.45, 2.75) is 70.6 Å². The zero-order valence-corrected chi connectivity index (χ0v) is 11.7. The fourth-order valence-corrected chi connectivity index (χ4v) is 2.10. The zero-order chi connectivity index (χ0) is 14.0. The number of carbonyl (C=O) groups excluding carboxylic acids is 2. The summed E-state index contributed by atoms with van der Waals surface area (Å²) < 4.78 is 5.19. The highest BCUT2D eigenvalue weighted by molar-refractivity contribution is 5.85. The van der Waals surface area contributed by atoms with Crippen molar-refractivity contribution in [3.63, 3.8) is 0 Å². The van der Waals surface area contributed by atoms with Crippen LogP contribution in [-0.4, -0.2) is 29.1 Å². The van der Waals surface area contributed by atoms with Crippen molar-refractivity contribution in [3.8, 4) is 0 Å². The lowest BCUT2D eigenvalue weighted by Gasteiger charge is -2.35. The Morgan fingerprint density at radius 3 is 2.17 bits per heavy atom. The van der Waals surface area contributed by atoms with Gasteiger partial charge in [-0.25, -0.2) is 4.79 Å². The van der Waals surface area contributed by atoms with Crippen LogP contribution in [0.5, 0.6) is 0 Å². The van der Waals surface area contributed by atoms with E-state index in [9.17, 15) is 9.59 Å². The minimum atomic E-state index is -0.702. The Bertz CT molecular complexity index is 326. The minimum absolute atomic E-state index is 0.0261. The van der Waals surface area contributed by atoms with Crippen LogP contribution in [-0.2, 0) is 9.53 Å². The SMILES string of the molecule is CC(=O)C1(N)CCC(NC(=O)OC(C)(C)C)CC1. The standard InChI is InChI=1S/C13H24N2O3/c1-9(16)13(14)7-5-10(6-8-13)15-11(17)18-12(2,3)4/h10H,5-8,14H2,1-4H3,(H,15,17). The zero-order valence-electron chi connectivity index (χ0n) is 11.7. The Kier molecular flexibility index (Phi) is 4.37. The molecular formula is C13H24N2O3. The molecule has 0 atom stereocenters. The summed E-state index contributed by atoms with van der Waals surface area (Å²) in [6.07, 6.45) is 2.26. The first kappa shape index (κ1) is 15.0. The third kappa shape index (κ3) is 4.29. The van der Waals surface area contributed by atoms with Crippen LogP contribution in [0, 0.1) is 0 Å². The summed E-state index contributed by atoms with van der Waals surface area (Å²) in [6.45, 7) is 7.01. The summed E-state index contributed by atoms with van der Waals surface area (Å²) in [5, 5.41) is 2.82. The van der Waals surface area contributed by atoms with Crippen LogP contribution in [0.25, 0.3) is 0 Å². The number of rotatable bonds is 2. The molecule has 1 amide bonds. The van der Waals surface area contributed by atoms with E-state index in [4.69, 9.17) is 10.5 Å². The van der Waals surface area contributed by atoms with E-state index in [0.29, 0.717) is 12.8 Å². The highest BCUT2D eigenvalue weighted by Crippen LogP contribution is 2.27. The largest absolute Gasteiger partial charge is 0.444 e. The Balaban J connectivity index is 2.41. The summed E-state index contributed by atoms with van der Waals surface area (Å²) >= 11 is 0. The van der Waals surface area contributed by atoms with Gasteiger partial charge in [-0.05, 0) is 53.4 Å². The third-order valence-electron chi connectivity index (χ3n) is 3.30. The molecule has 0 saturated heterocycles. The molecule has 0 aromatic heterocycles. The summed E-state index contributed by atoms with van der Waals surface area (Å²) in [5.74, 6) is 0.0261. The first-order valence-corrected chi connectivity index (χ1v) is 6.42. The molecule has 18 heavy (non-hydrogen) atoms. The van der Waals surface area contributed by atoms with E-state index in [2.05, 4.69) is 5.32 Å². The molecule has 0 aromatic rings. The second kappa shape index (κ2) is 5.26. The molecule has 0 radical (unpaired) electrons. The third-order valence-corrected chi connectivity index (χ3v) is 3.30. The average molecular weight is 256 g/mol. The van der Waals surface area contributed by atoms with Crippen molar-refractivity contribution < 1.29 is 14.3 Å². The molecule has 0 aromatic carbocycles. The Hall–Kier alpha value is -1.10. The van der Waals surface area contributed by atoms with Crippen LogP contribution in [0.2, 0.25) is 0 Å². The molecule has 1 rings (SSSR count). The number of amides is 1. The quantitative estimate of drug-likeness (QED) is 0.788. The van der Waals surface area contributed by atoms with Gasteiger partial charge < -0.3 is 15.8 Å². The average Bonchev–Trinajstić information content (AvgIpc) is 2.18. The fourth-order valence-electron chi connectivity index (χ4n) is 2.10. The first-order valence-electron chi connectivity index (χ1n) is 6.42. The number of hydrogen-bond donors (Lipinski definition) is 2. The van der Waals surface area contributed by atoms with Crippen LogP contribution >= 0.6 is 0 Å².